The minimum absolute atomic E-state index is 0.135. The van der Waals surface area contributed by atoms with E-state index in [0.717, 1.165) is 12.8 Å². The third-order valence-electron chi connectivity index (χ3n) is 2.72. The van der Waals surface area contributed by atoms with E-state index in [9.17, 15) is 9.59 Å². The second-order valence-electron chi connectivity index (χ2n) is 3.87. The van der Waals surface area contributed by atoms with Crippen molar-refractivity contribution in [2.24, 2.45) is 5.92 Å². The van der Waals surface area contributed by atoms with Gasteiger partial charge in [0.05, 0.1) is 5.92 Å². The molecule has 90 valence electrons. The van der Waals surface area contributed by atoms with E-state index < -0.39 is 18.0 Å². The smallest absolute Gasteiger partial charge is 0.407 e. The fourth-order valence-corrected chi connectivity index (χ4v) is 1.93. The second-order valence-corrected chi connectivity index (χ2v) is 3.87. The largest absolute Gasteiger partial charge is 0.481 e. The van der Waals surface area contributed by atoms with Gasteiger partial charge in [-0.05, 0) is 12.8 Å². The van der Waals surface area contributed by atoms with E-state index in [2.05, 4.69) is 11.9 Å². The number of carboxylic acids is 1. The monoisotopic (exact) mass is 227 g/mol. The van der Waals surface area contributed by atoms with Gasteiger partial charge in [0.15, 0.2) is 0 Å². The quantitative estimate of drug-likeness (QED) is 0.714. The fraction of sp³-hybridized carbons (Fsp3) is 0.636. The molecule has 0 radical (unpaired) electrons. The summed E-state index contributed by atoms with van der Waals surface area (Å²) in [4.78, 5) is 22.2. The van der Waals surface area contributed by atoms with Crippen LogP contribution < -0.4 is 5.32 Å². The minimum atomic E-state index is -0.853. The molecule has 0 aromatic heterocycles. The Morgan fingerprint density at radius 1 is 1.44 bits per heavy atom. The Balaban J connectivity index is 2.46. The van der Waals surface area contributed by atoms with Crippen LogP contribution in [0.1, 0.15) is 25.7 Å². The Labute approximate surface area is 94.5 Å². The van der Waals surface area contributed by atoms with Crippen molar-refractivity contribution in [2.75, 3.05) is 6.61 Å². The standard InChI is InChI=1S/C11H17NO4/c1-2-7-16-11(15)12-9-6-4-3-5-8(9)10(13)14/h2,8-9H,1,3-7H2,(H,12,15)(H,13,14). The summed E-state index contributed by atoms with van der Waals surface area (Å²) >= 11 is 0. The van der Waals surface area contributed by atoms with Crippen LogP contribution in [0.2, 0.25) is 0 Å². The van der Waals surface area contributed by atoms with Gasteiger partial charge >= 0.3 is 12.1 Å². The molecule has 0 aromatic rings. The molecular formula is C11H17NO4. The van der Waals surface area contributed by atoms with Gasteiger partial charge in [-0.15, -0.1) is 0 Å². The van der Waals surface area contributed by atoms with E-state index in [1.807, 2.05) is 0 Å². The van der Waals surface area contributed by atoms with E-state index in [0.29, 0.717) is 12.8 Å². The number of carbonyl (C=O) groups excluding carboxylic acids is 1. The number of aliphatic carboxylic acids is 1. The van der Waals surface area contributed by atoms with Crippen LogP contribution in [0, 0.1) is 5.92 Å². The maximum Gasteiger partial charge on any atom is 0.407 e. The van der Waals surface area contributed by atoms with Crippen molar-refractivity contribution in [2.45, 2.75) is 31.7 Å². The highest BCUT2D eigenvalue weighted by Crippen LogP contribution is 2.24. The Bertz CT molecular complexity index is 277. The first kappa shape index (κ1) is 12.5. The molecule has 5 heteroatoms. The van der Waals surface area contributed by atoms with Crippen LogP contribution in [0.5, 0.6) is 0 Å². The van der Waals surface area contributed by atoms with Crippen molar-refractivity contribution in [3.63, 3.8) is 0 Å². The van der Waals surface area contributed by atoms with Gasteiger partial charge in [0, 0.05) is 6.04 Å². The number of nitrogens with one attached hydrogen (secondary N) is 1. The number of hydrogen-bond donors (Lipinski definition) is 2. The van der Waals surface area contributed by atoms with Crippen LogP contribution in [0.25, 0.3) is 0 Å². The van der Waals surface area contributed by atoms with Crippen LogP contribution in [0.15, 0.2) is 12.7 Å². The highest BCUT2D eigenvalue weighted by molar-refractivity contribution is 5.73. The molecule has 0 aliphatic heterocycles. The fourth-order valence-electron chi connectivity index (χ4n) is 1.93. The van der Waals surface area contributed by atoms with E-state index in [1.165, 1.54) is 6.08 Å². The molecule has 2 atom stereocenters. The first-order chi connectivity index (χ1) is 7.65. The second kappa shape index (κ2) is 6.15. The number of rotatable bonds is 4. The topological polar surface area (TPSA) is 75.6 Å². The van der Waals surface area contributed by atoms with Crippen molar-refractivity contribution in [3.8, 4) is 0 Å². The van der Waals surface area contributed by atoms with Crippen LogP contribution in [0.3, 0.4) is 0 Å². The lowest BCUT2D eigenvalue weighted by Crippen LogP contribution is -2.45. The number of ether oxygens (including phenoxy) is 1. The molecule has 1 aliphatic carbocycles. The molecule has 0 spiro atoms. The summed E-state index contributed by atoms with van der Waals surface area (Å²) in [7, 11) is 0. The molecule has 0 bridgehead atoms. The highest BCUT2D eigenvalue weighted by atomic mass is 16.5. The van der Waals surface area contributed by atoms with Crippen molar-refractivity contribution < 1.29 is 19.4 Å². The van der Waals surface area contributed by atoms with Gasteiger partial charge in [-0.3, -0.25) is 4.79 Å². The van der Waals surface area contributed by atoms with Crippen LogP contribution in [-0.2, 0) is 9.53 Å². The summed E-state index contributed by atoms with van der Waals surface area (Å²) in [6.07, 6.45) is 4.04. The number of carboxylic acid groups (broad SMARTS) is 1. The van der Waals surface area contributed by atoms with Gasteiger partial charge < -0.3 is 15.2 Å². The summed E-state index contributed by atoms with van der Waals surface area (Å²) in [6.45, 7) is 3.56. The van der Waals surface area contributed by atoms with E-state index in [4.69, 9.17) is 9.84 Å². The van der Waals surface area contributed by atoms with Gasteiger partial charge in [0.25, 0.3) is 0 Å². The summed E-state index contributed by atoms with van der Waals surface area (Å²) in [5.41, 5.74) is 0. The molecule has 0 aromatic carbocycles. The summed E-state index contributed by atoms with van der Waals surface area (Å²) in [6, 6.07) is -0.316. The van der Waals surface area contributed by atoms with Crippen LogP contribution >= 0.6 is 0 Å². The maximum atomic E-state index is 11.3. The number of alkyl carbamates (subject to hydrolysis) is 1. The average Bonchev–Trinajstić information content (AvgIpc) is 2.27. The molecule has 0 heterocycles. The summed E-state index contributed by atoms with van der Waals surface area (Å²) in [5, 5.41) is 11.6. The van der Waals surface area contributed by atoms with Gasteiger partial charge in [-0.1, -0.05) is 25.5 Å². The van der Waals surface area contributed by atoms with Crippen LogP contribution in [0.4, 0.5) is 4.79 Å². The van der Waals surface area contributed by atoms with Gasteiger partial charge in [-0.25, -0.2) is 4.79 Å². The third kappa shape index (κ3) is 3.56. The zero-order valence-electron chi connectivity index (χ0n) is 9.15. The lowest BCUT2D eigenvalue weighted by molar-refractivity contribution is -0.143. The average molecular weight is 227 g/mol. The molecule has 5 nitrogen and oxygen atoms in total. The van der Waals surface area contributed by atoms with Crippen molar-refractivity contribution >= 4 is 12.1 Å². The Morgan fingerprint density at radius 2 is 2.12 bits per heavy atom. The lowest BCUT2D eigenvalue weighted by atomic mass is 9.85. The summed E-state index contributed by atoms with van der Waals surface area (Å²) < 4.78 is 4.76. The molecule has 1 aliphatic rings. The molecule has 1 rings (SSSR count). The molecule has 16 heavy (non-hydrogen) atoms. The molecule has 2 unspecified atom stereocenters. The van der Waals surface area contributed by atoms with E-state index in [1.54, 1.807) is 0 Å². The molecular weight excluding hydrogens is 210 g/mol. The van der Waals surface area contributed by atoms with Gasteiger partial charge in [-0.2, -0.15) is 0 Å². The molecule has 2 N–H and O–H groups in total. The van der Waals surface area contributed by atoms with Crippen molar-refractivity contribution in [1.82, 2.24) is 5.32 Å². The van der Waals surface area contributed by atoms with Crippen molar-refractivity contribution in [3.05, 3.63) is 12.7 Å². The number of amides is 1. The molecule has 1 saturated carbocycles. The van der Waals surface area contributed by atoms with E-state index >= 15 is 0 Å². The zero-order valence-corrected chi connectivity index (χ0v) is 9.15. The molecule has 0 saturated heterocycles. The first-order valence-electron chi connectivity index (χ1n) is 5.42. The lowest BCUT2D eigenvalue weighted by Gasteiger charge is -2.28. The number of carbonyl (C=O) groups is 2. The van der Waals surface area contributed by atoms with Crippen LogP contribution in [-0.4, -0.2) is 29.8 Å². The normalized spacial score (nSPS) is 24.5. The Morgan fingerprint density at radius 3 is 2.75 bits per heavy atom. The van der Waals surface area contributed by atoms with Crippen molar-refractivity contribution in [1.29, 1.82) is 0 Å². The third-order valence-corrected chi connectivity index (χ3v) is 2.72. The molecule has 1 amide bonds. The van der Waals surface area contributed by atoms with Gasteiger partial charge in [0.1, 0.15) is 6.61 Å². The zero-order chi connectivity index (χ0) is 12.0. The summed E-state index contributed by atoms with van der Waals surface area (Å²) in [5.74, 6) is -1.35. The SMILES string of the molecule is C=CCOC(=O)NC1CCCCC1C(=O)O. The van der Waals surface area contributed by atoms with E-state index in [-0.39, 0.29) is 12.6 Å². The number of hydrogen-bond acceptors (Lipinski definition) is 3. The predicted octanol–water partition coefficient (Wildman–Crippen LogP) is 1.54. The minimum Gasteiger partial charge on any atom is -0.481 e. The van der Waals surface area contributed by atoms with Gasteiger partial charge in [0.2, 0.25) is 0 Å². The molecule has 1 fully saturated rings. The maximum absolute atomic E-state index is 11.3. The Kier molecular flexibility index (Phi) is 4.82. The first-order valence-corrected chi connectivity index (χ1v) is 5.42. The predicted molar refractivity (Wildman–Crippen MR) is 58.1 cm³/mol. The Hall–Kier alpha value is -1.52. The highest BCUT2D eigenvalue weighted by Gasteiger charge is 2.31.